The summed E-state index contributed by atoms with van der Waals surface area (Å²) < 4.78 is 5.05. The summed E-state index contributed by atoms with van der Waals surface area (Å²) in [7, 11) is 0. The second kappa shape index (κ2) is 3.74. The fourth-order valence-corrected chi connectivity index (χ4v) is 1.84. The molecule has 1 aliphatic heterocycles. The molecule has 0 saturated carbocycles. The van der Waals surface area contributed by atoms with Crippen LogP contribution in [0.25, 0.3) is 0 Å². The molecule has 0 radical (unpaired) electrons. The van der Waals surface area contributed by atoms with Crippen molar-refractivity contribution in [2.24, 2.45) is 0 Å². The largest absolute Gasteiger partial charge is 0.380 e. The highest BCUT2D eigenvalue weighted by atomic mass is 35.5. The van der Waals surface area contributed by atoms with Gasteiger partial charge in [0.15, 0.2) is 0 Å². The number of aromatic nitrogens is 1. The minimum Gasteiger partial charge on any atom is -0.380 e. The van der Waals surface area contributed by atoms with E-state index in [-0.39, 0.29) is 11.1 Å². The number of hydrogen-bond donors (Lipinski definition) is 0. The lowest BCUT2D eigenvalue weighted by atomic mass is 9.95. The van der Waals surface area contributed by atoms with E-state index in [0.717, 1.165) is 5.56 Å². The Kier molecular flexibility index (Phi) is 2.60. The molecule has 1 aromatic heterocycles. The molecule has 1 aromatic rings. The van der Waals surface area contributed by atoms with Gasteiger partial charge in [0.1, 0.15) is 16.4 Å². The van der Waals surface area contributed by atoms with E-state index in [4.69, 9.17) is 33.2 Å². The molecule has 72 valence electrons. The maximum absolute atomic E-state index is 8.90. The first-order valence-electron chi connectivity index (χ1n) is 4.06. The number of nitriles is 1. The summed E-state index contributed by atoms with van der Waals surface area (Å²) in [5, 5.41) is 9.38. The molecule has 0 aliphatic carbocycles. The van der Waals surface area contributed by atoms with Crippen molar-refractivity contribution in [3.05, 3.63) is 27.5 Å². The van der Waals surface area contributed by atoms with Crippen LogP contribution in [0.4, 0.5) is 0 Å². The molecule has 0 N–H and O–H groups in total. The molecule has 1 aliphatic rings. The van der Waals surface area contributed by atoms with Gasteiger partial charge in [-0.3, -0.25) is 0 Å². The summed E-state index contributed by atoms with van der Waals surface area (Å²) in [6, 6.07) is 3.71. The van der Waals surface area contributed by atoms with Crippen LogP contribution in [0.2, 0.25) is 10.3 Å². The number of ether oxygens (including phenoxy) is 1. The van der Waals surface area contributed by atoms with Gasteiger partial charge < -0.3 is 4.74 Å². The molecule has 0 bridgehead atoms. The molecule has 2 heterocycles. The van der Waals surface area contributed by atoms with Crippen molar-refractivity contribution in [2.75, 3.05) is 13.2 Å². The summed E-state index contributed by atoms with van der Waals surface area (Å²) in [4.78, 5) is 3.81. The summed E-state index contributed by atoms with van der Waals surface area (Å²) in [5.41, 5.74) is 1.24. The van der Waals surface area contributed by atoms with Crippen molar-refractivity contribution >= 4 is 23.2 Å². The molecule has 5 heteroatoms. The Bertz CT molecular complexity index is 410. The Labute approximate surface area is 91.2 Å². The molecule has 0 spiro atoms. The third-order valence-electron chi connectivity index (χ3n) is 2.16. The molecule has 0 aromatic carbocycles. The van der Waals surface area contributed by atoms with Crippen molar-refractivity contribution in [1.29, 1.82) is 5.26 Å². The third-order valence-corrected chi connectivity index (χ3v) is 2.63. The zero-order chi connectivity index (χ0) is 10.1. The second-order valence-electron chi connectivity index (χ2n) is 3.05. The normalized spacial score (nSPS) is 16.1. The van der Waals surface area contributed by atoms with Gasteiger partial charge in [-0.25, -0.2) is 4.98 Å². The number of pyridine rings is 1. The van der Waals surface area contributed by atoms with Crippen molar-refractivity contribution in [3.63, 3.8) is 0 Å². The average molecular weight is 229 g/mol. The van der Waals surface area contributed by atoms with Crippen molar-refractivity contribution in [3.8, 4) is 6.07 Å². The Hall–Kier alpha value is -0.820. The van der Waals surface area contributed by atoms with Crippen molar-refractivity contribution in [1.82, 2.24) is 4.98 Å². The molecule has 0 unspecified atom stereocenters. The Balaban J connectivity index is 2.50. The lowest BCUT2D eigenvalue weighted by Crippen LogP contribution is -2.26. The van der Waals surface area contributed by atoms with Gasteiger partial charge in [0.2, 0.25) is 0 Å². The maximum Gasteiger partial charge on any atom is 0.148 e. The Morgan fingerprint density at radius 3 is 2.71 bits per heavy atom. The minimum absolute atomic E-state index is 0.168. The predicted molar refractivity (Wildman–Crippen MR) is 52.5 cm³/mol. The van der Waals surface area contributed by atoms with E-state index >= 15 is 0 Å². The molecule has 1 fully saturated rings. The molecule has 1 saturated heterocycles. The highest BCUT2D eigenvalue weighted by Crippen LogP contribution is 2.31. The number of hydrogen-bond acceptors (Lipinski definition) is 3. The van der Waals surface area contributed by atoms with Crippen LogP contribution in [0.15, 0.2) is 6.07 Å². The molecular formula is C9H6Cl2N2O. The molecule has 3 nitrogen and oxygen atoms in total. The second-order valence-corrected chi connectivity index (χ2v) is 3.79. The van der Waals surface area contributed by atoms with Crippen LogP contribution in [0, 0.1) is 11.3 Å². The summed E-state index contributed by atoms with van der Waals surface area (Å²) in [6.45, 7) is 1.23. The van der Waals surface area contributed by atoms with Gasteiger partial charge >= 0.3 is 0 Å². The maximum atomic E-state index is 8.90. The van der Waals surface area contributed by atoms with Crippen molar-refractivity contribution in [2.45, 2.75) is 5.92 Å². The minimum atomic E-state index is 0.168. The van der Waals surface area contributed by atoms with E-state index in [1.165, 1.54) is 0 Å². The number of rotatable bonds is 1. The monoisotopic (exact) mass is 228 g/mol. The molecule has 0 amide bonds. The van der Waals surface area contributed by atoms with Crippen LogP contribution in [0.5, 0.6) is 0 Å². The van der Waals surface area contributed by atoms with Gasteiger partial charge in [0.25, 0.3) is 0 Å². The molecule has 2 rings (SSSR count). The van der Waals surface area contributed by atoms with E-state index < -0.39 is 0 Å². The number of halogens is 2. The van der Waals surface area contributed by atoms with E-state index in [0.29, 0.717) is 23.9 Å². The van der Waals surface area contributed by atoms with Gasteiger partial charge in [-0.05, 0) is 11.6 Å². The van der Waals surface area contributed by atoms with Gasteiger partial charge in [-0.2, -0.15) is 5.26 Å². The Morgan fingerprint density at radius 2 is 2.21 bits per heavy atom. The van der Waals surface area contributed by atoms with Gasteiger partial charge in [0.05, 0.1) is 18.8 Å². The highest BCUT2D eigenvalue weighted by Gasteiger charge is 2.25. The van der Waals surface area contributed by atoms with E-state index in [9.17, 15) is 0 Å². The lowest BCUT2D eigenvalue weighted by Gasteiger charge is -2.27. The third kappa shape index (κ3) is 1.57. The first-order valence-corrected chi connectivity index (χ1v) is 4.81. The number of nitrogens with zero attached hydrogens (tertiary/aromatic N) is 2. The topological polar surface area (TPSA) is 45.9 Å². The smallest absolute Gasteiger partial charge is 0.148 e. The SMILES string of the molecule is N#Cc1c(C2COC2)cc(Cl)nc1Cl. The van der Waals surface area contributed by atoms with Gasteiger partial charge in [-0.1, -0.05) is 23.2 Å². The fraction of sp³-hybridized carbons (Fsp3) is 0.333. The summed E-state index contributed by atoms with van der Waals surface area (Å²) in [6.07, 6.45) is 0. The average Bonchev–Trinajstić information content (AvgIpc) is 1.99. The van der Waals surface area contributed by atoms with E-state index in [2.05, 4.69) is 4.98 Å². The predicted octanol–water partition coefficient (Wildman–Crippen LogP) is 2.37. The Morgan fingerprint density at radius 1 is 1.50 bits per heavy atom. The highest BCUT2D eigenvalue weighted by molar-refractivity contribution is 6.33. The first-order chi connectivity index (χ1) is 6.72. The molecular weight excluding hydrogens is 223 g/mol. The van der Waals surface area contributed by atoms with Crippen LogP contribution in [0.1, 0.15) is 17.0 Å². The van der Waals surface area contributed by atoms with Crippen molar-refractivity contribution < 1.29 is 4.74 Å². The van der Waals surface area contributed by atoms with Crippen LogP contribution < -0.4 is 0 Å². The zero-order valence-electron chi connectivity index (χ0n) is 7.13. The van der Waals surface area contributed by atoms with E-state index in [1.54, 1.807) is 6.07 Å². The molecule has 0 atom stereocenters. The van der Waals surface area contributed by atoms with Crippen LogP contribution in [0.3, 0.4) is 0 Å². The zero-order valence-corrected chi connectivity index (χ0v) is 8.64. The molecule has 14 heavy (non-hydrogen) atoms. The van der Waals surface area contributed by atoms with Gasteiger partial charge in [0, 0.05) is 5.92 Å². The standard InChI is InChI=1S/C9H6Cl2N2O/c10-8-1-6(5-3-14-4-5)7(2-12)9(11)13-8/h1,5H,3-4H2. The van der Waals surface area contributed by atoms with Crippen LogP contribution in [-0.4, -0.2) is 18.2 Å². The van der Waals surface area contributed by atoms with Gasteiger partial charge in [-0.15, -0.1) is 0 Å². The lowest BCUT2D eigenvalue weighted by molar-refractivity contribution is 0.00829. The van der Waals surface area contributed by atoms with E-state index in [1.807, 2.05) is 6.07 Å². The quantitative estimate of drug-likeness (QED) is 0.694. The van der Waals surface area contributed by atoms with Crippen LogP contribution >= 0.6 is 23.2 Å². The van der Waals surface area contributed by atoms with Crippen LogP contribution in [-0.2, 0) is 4.74 Å². The fourth-order valence-electron chi connectivity index (χ4n) is 1.35. The first kappa shape index (κ1) is 9.72. The summed E-state index contributed by atoms with van der Waals surface area (Å²) >= 11 is 11.6. The summed E-state index contributed by atoms with van der Waals surface area (Å²) in [5.74, 6) is 0.225.